The Labute approximate surface area is 109 Å². The Morgan fingerprint density at radius 2 is 1.56 bits per heavy atom. The number of ether oxygens (including phenoxy) is 1. The molecule has 2 rings (SSSR count). The van der Waals surface area contributed by atoms with E-state index >= 15 is 0 Å². The van der Waals surface area contributed by atoms with Gasteiger partial charge in [-0.2, -0.15) is 17.0 Å². The molecule has 18 heavy (non-hydrogen) atoms. The highest BCUT2D eigenvalue weighted by Gasteiger charge is 2.36. The molecule has 0 aliphatic carbocycles. The van der Waals surface area contributed by atoms with Crippen LogP contribution >= 0.6 is 0 Å². The molecule has 0 saturated carbocycles. The average Bonchev–Trinajstić information content (AvgIpc) is 2.28. The summed E-state index contributed by atoms with van der Waals surface area (Å²) in [5.41, 5.74) is 5.81. The maximum absolute atomic E-state index is 12.5. The quantitative estimate of drug-likeness (QED) is 0.756. The molecule has 2 fully saturated rings. The number of nitrogens with zero attached hydrogens (tertiary/aromatic N) is 2. The molecule has 2 N–H and O–H groups in total. The van der Waals surface area contributed by atoms with Crippen LogP contribution in [0, 0.1) is 0 Å². The third-order valence-corrected chi connectivity index (χ3v) is 5.51. The summed E-state index contributed by atoms with van der Waals surface area (Å²) in [5, 5.41) is 0. The van der Waals surface area contributed by atoms with E-state index in [-0.39, 0.29) is 18.2 Å². The van der Waals surface area contributed by atoms with Crippen LogP contribution < -0.4 is 5.73 Å². The molecule has 0 spiro atoms. The van der Waals surface area contributed by atoms with Crippen molar-refractivity contribution < 1.29 is 13.2 Å². The second-order valence-electron chi connectivity index (χ2n) is 5.32. The molecule has 2 saturated heterocycles. The van der Waals surface area contributed by atoms with Gasteiger partial charge in [-0.1, -0.05) is 0 Å². The maximum Gasteiger partial charge on any atom is 0.282 e. The summed E-state index contributed by atoms with van der Waals surface area (Å²) in [6.07, 6.45) is 1.40. The monoisotopic (exact) mass is 277 g/mol. The van der Waals surface area contributed by atoms with Crippen molar-refractivity contribution in [2.24, 2.45) is 5.73 Å². The normalized spacial score (nSPS) is 33.7. The van der Waals surface area contributed by atoms with Crippen LogP contribution in [0.2, 0.25) is 0 Å². The maximum atomic E-state index is 12.5. The Hall–Kier alpha value is -0.210. The number of morpholine rings is 1. The number of rotatable bonds is 2. The Bertz CT molecular complexity index is 369. The van der Waals surface area contributed by atoms with Crippen molar-refractivity contribution in [3.8, 4) is 0 Å². The summed E-state index contributed by atoms with van der Waals surface area (Å²) in [6.45, 7) is 5.76. The van der Waals surface area contributed by atoms with Crippen molar-refractivity contribution in [2.45, 2.75) is 44.9 Å². The van der Waals surface area contributed by atoms with E-state index in [0.717, 1.165) is 12.8 Å². The van der Waals surface area contributed by atoms with Gasteiger partial charge in [0.1, 0.15) is 0 Å². The van der Waals surface area contributed by atoms with E-state index in [4.69, 9.17) is 10.5 Å². The summed E-state index contributed by atoms with van der Waals surface area (Å²) >= 11 is 0. The van der Waals surface area contributed by atoms with Gasteiger partial charge < -0.3 is 10.5 Å². The minimum atomic E-state index is -3.34. The third kappa shape index (κ3) is 3.03. The van der Waals surface area contributed by atoms with Crippen LogP contribution in [0.5, 0.6) is 0 Å². The summed E-state index contributed by atoms with van der Waals surface area (Å²) in [5.74, 6) is 0. The lowest BCUT2D eigenvalue weighted by Gasteiger charge is -2.39. The van der Waals surface area contributed by atoms with Crippen molar-refractivity contribution in [3.63, 3.8) is 0 Å². The van der Waals surface area contributed by atoms with E-state index in [1.54, 1.807) is 8.61 Å². The first kappa shape index (κ1) is 14.2. The first-order chi connectivity index (χ1) is 8.39. The fraction of sp³-hybridized carbons (Fsp3) is 1.00. The number of hydrogen-bond acceptors (Lipinski definition) is 4. The average molecular weight is 277 g/mol. The van der Waals surface area contributed by atoms with Gasteiger partial charge >= 0.3 is 0 Å². The van der Waals surface area contributed by atoms with Crippen LogP contribution in [-0.4, -0.2) is 61.5 Å². The van der Waals surface area contributed by atoms with Crippen LogP contribution in [0.15, 0.2) is 0 Å². The van der Waals surface area contributed by atoms with Gasteiger partial charge in [0.25, 0.3) is 10.2 Å². The summed E-state index contributed by atoms with van der Waals surface area (Å²) in [4.78, 5) is 0. The molecule has 0 aromatic heterocycles. The zero-order valence-electron chi connectivity index (χ0n) is 11.1. The van der Waals surface area contributed by atoms with Crippen molar-refractivity contribution in [1.29, 1.82) is 0 Å². The smallest absolute Gasteiger partial charge is 0.282 e. The highest BCUT2D eigenvalue weighted by Crippen LogP contribution is 2.20. The van der Waals surface area contributed by atoms with Gasteiger partial charge in [0.15, 0.2) is 0 Å². The van der Waals surface area contributed by atoms with Crippen molar-refractivity contribution in [2.75, 3.05) is 26.2 Å². The molecular formula is C11H23N3O3S. The first-order valence-corrected chi connectivity index (χ1v) is 7.95. The molecule has 0 aromatic rings. The minimum Gasteiger partial charge on any atom is -0.373 e. The van der Waals surface area contributed by atoms with Gasteiger partial charge in [0, 0.05) is 32.2 Å². The highest BCUT2D eigenvalue weighted by atomic mass is 32.2. The van der Waals surface area contributed by atoms with Crippen LogP contribution in [0.1, 0.15) is 26.7 Å². The largest absolute Gasteiger partial charge is 0.373 e. The molecule has 0 radical (unpaired) electrons. The highest BCUT2D eigenvalue weighted by molar-refractivity contribution is 7.86. The predicted octanol–water partition coefficient (Wildman–Crippen LogP) is -0.236. The van der Waals surface area contributed by atoms with Crippen LogP contribution in [0.4, 0.5) is 0 Å². The van der Waals surface area contributed by atoms with Crippen molar-refractivity contribution >= 4 is 10.2 Å². The molecule has 0 aromatic carbocycles. The van der Waals surface area contributed by atoms with E-state index in [9.17, 15) is 8.42 Å². The molecular weight excluding hydrogens is 254 g/mol. The van der Waals surface area contributed by atoms with Crippen LogP contribution in [0.3, 0.4) is 0 Å². The molecule has 2 heterocycles. The van der Waals surface area contributed by atoms with E-state index in [1.165, 1.54) is 0 Å². The van der Waals surface area contributed by atoms with Gasteiger partial charge in [-0.15, -0.1) is 0 Å². The van der Waals surface area contributed by atoms with E-state index in [1.807, 2.05) is 13.8 Å². The Kier molecular flexibility index (Phi) is 4.28. The van der Waals surface area contributed by atoms with Crippen LogP contribution in [0.25, 0.3) is 0 Å². The second kappa shape index (κ2) is 5.42. The Balaban J connectivity index is 2.06. The molecule has 2 unspecified atom stereocenters. The fourth-order valence-electron chi connectivity index (χ4n) is 2.59. The lowest BCUT2D eigenvalue weighted by Crippen LogP contribution is -2.55. The predicted molar refractivity (Wildman–Crippen MR) is 69.3 cm³/mol. The molecule has 2 atom stereocenters. The van der Waals surface area contributed by atoms with Crippen molar-refractivity contribution in [3.05, 3.63) is 0 Å². The van der Waals surface area contributed by atoms with Crippen molar-refractivity contribution in [1.82, 2.24) is 8.61 Å². The third-order valence-electron chi connectivity index (χ3n) is 3.54. The second-order valence-corrected chi connectivity index (χ2v) is 7.25. The number of hydrogen-bond donors (Lipinski definition) is 1. The Morgan fingerprint density at radius 1 is 1.06 bits per heavy atom. The molecule has 2 aliphatic rings. The molecule has 6 nitrogen and oxygen atoms in total. The SMILES string of the molecule is CC1CN(S(=O)(=O)N2CCC(N)CC2)CC(C)O1. The summed E-state index contributed by atoms with van der Waals surface area (Å²) in [7, 11) is -3.34. The number of piperidine rings is 1. The standard InChI is InChI=1S/C11H23N3O3S/c1-9-7-14(8-10(2)17-9)18(15,16)13-5-3-11(12)4-6-13/h9-11H,3-8,12H2,1-2H3. The van der Waals surface area contributed by atoms with E-state index in [0.29, 0.717) is 26.2 Å². The van der Waals surface area contributed by atoms with Gasteiger partial charge in [-0.3, -0.25) is 0 Å². The first-order valence-electron chi connectivity index (χ1n) is 6.56. The number of nitrogens with two attached hydrogens (primary N) is 1. The van der Waals surface area contributed by atoms with Gasteiger partial charge in [0.05, 0.1) is 12.2 Å². The van der Waals surface area contributed by atoms with Gasteiger partial charge in [0.2, 0.25) is 0 Å². The topological polar surface area (TPSA) is 75.9 Å². The van der Waals surface area contributed by atoms with Crippen LogP contribution in [-0.2, 0) is 14.9 Å². The Morgan fingerprint density at radius 3 is 2.06 bits per heavy atom. The van der Waals surface area contributed by atoms with Gasteiger partial charge in [-0.25, -0.2) is 0 Å². The van der Waals surface area contributed by atoms with Gasteiger partial charge in [-0.05, 0) is 26.7 Å². The molecule has 106 valence electrons. The zero-order chi connectivity index (χ0) is 13.3. The fourth-order valence-corrected chi connectivity index (χ4v) is 4.38. The molecule has 2 aliphatic heterocycles. The molecule has 0 bridgehead atoms. The minimum absolute atomic E-state index is 0.0458. The lowest BCUT2D eigenvalue weighted by atomic mass is 10.1. The summed E-state index contributed by atoms with van der Waals surface area (Å²) in [6, 6.07) is 0.138. The zero-order valence-corrected chi connectivity index (χ0v) is 11.9. The molecule has 7 heteroatoms. The van der Waals surface area contributed by atoms with E-state index in [2.05, 4.69) is 0 Å². The van der Waals surface area contributed by atoms with E-state index < -0.39 is 10.2 Å². The summed E-state index contributed by atoms with van der Waals surface area (Å²) < 4.78 is 33.7. The lowest BCUT2D eigenvalue weighted by molar-refractivity contribution is -0.0456. The molecule has 0 amide bonds.